The van der Waals surface area contributed by atoms with Gasteiger partial charge in [-0.05, 0) is 25.3 Å². The quantitative estimate of drug-likeness (QED) is 0.244. The van der Waals surface area contributed by atoms with Gasteiger partial charge in [0, 0.05) is 19.5 Å². The molecule has 0 aliphatic rings. The minimum absolute atomic E-state index is 0.0466. The highest BCUT2D eigenvalue weighted by molar-refractivity contribution is 7.45. The van der Waals surface area contributed by atoms with Crippen LogP contribution in [-0.2, 0) is 29.6 Å². The lowest BCUT2D eigenvalue weighted by molar-refractivity contribution is -0.870. The van der Waals surface area contributed by atoms with Gasteiger partial charge in [-0.1, -0.05) is 30.3 Å². The van der Waals surface area contributed by atoms with Gasteiger partial charge in [0.05, 0.1) is 27.2 Å². The molecule has 0 spiro atoms. The zero-order chi connectivity index (χ0) is 24.2. The summed E-state index contributed by atoms with van der Waals surface area (Å²) in [5.74, 6) is -0.695. The number of carbonyl (C=O) groups is 2. The molecule has 0 radical (unpaired) electrons. The third-order valence-electron chi connectivity index (χ3n) is 4.45. The van der Waals surface area contributed by atoms with Crippen molar-refractivity contribution >= 4 is 19.6 Å². The molecule has 0 saturated heterocycles. The maximum Gasteiger partial charge on any atom is 0.268 e. The molecule has 0 fully saturated rings. The Hall–Kier alpha value is -1.81. The predicted molar refractivity (Wildman–Crippen MR) is 120 cm³/mol. The van der Waals surface area contributed by atoms with Crippen LogP contribution in [-0.4, -0.2) is 75.8 Å². The Bertz CT molecular complexity index is 754. The van der Waals surface area contributed by atoms with Gasteiger partial charge in [-0.15, -0.1) is 0 Å². The Morgan fingerprint density at radius 3 is 2.38 bits per heavy atom. The summed E-state index contributed by atoms with van der Waals surface area (Å²) < 4.78 is 22.8. The van der Waals surface area contributed by atoms with Crippen molar-refractivity contribution < 1.29 is 32.6 Å². The standard InChI is InChI=1S/C21H37N4O6P/c1-17(22)21(27)24-16-19(31-32(28,29)30-14-13-25(2,3)4)15-23-20(26)12-8-11-18-9-6-5-7-10-18/h5-7,9-10,17,19H,8,11-16,22H2,1-4H3,(H2-,23,24,26,27,28,29)/t17-,19?/m1/s1. The number of aryl methyl sites for hydroxylation is 1. The molecule has 0 bridgehead atoms. The Kier molecular flexibility index (Phi) is 12.1. The van der Waals surface area contributed by atoms with E-state index in [-0.39, 0.29) is 32.0 Å². The third kappa shape index (κ3) is 13.6. The average molecular weight is 473 g/mol. The van der Waals surface area contributed by atoms with E-state index >= 15 is 0 Å². The lowest BCUT2D eigenvalue weighted by Gasteiger charge is -2.30. The average Bonchev–Trinajstić information content (AvgIpc) is 2.69. The summed E-state index contributed by atoms with van der Waals surface area (Å²) in [6.07, 6.45) is 0.664. The number of phosphoric ester groups is 1. The summed E-state index contributed by atoms with van der Waals surface area (Å²) in [5, 5.41) is 5.17. The Labute approximate surface area is 190 Å². The van der Waals surface area contributed by atoms with Crippen LogP contribution in [0.4, 0.5) is 0 Å². The Morgan fingerprint density at radius 2 is 1.78 bits per heavy atom. The minimum Gasteiger partial charge on any atom is -0.756 e. The van der Waals surface area contributed by atoms with Gasteiger partial charge in [-0.3, -0.25) is 14.2 Å². The van der Waals surface area contributed by atoms with Gasteiger partial charge < -0.3 is 34.8 Å². The van der Waals surface area contributed by atoms with Crippen LogP contribution in [0.5, 0.6) is 0 Å². The van der Waals surface area contributed by atoms with E-state index in [0.717, 1.165) is 12.0 Å². The fourth-order valence-electron chi connectivity index (χ4n) is 2.58. The number of carbonyl (C=O) groups excluding carboxylic acids is 2. The number of rotatable bonds is 15. The summed E-state index contributed by atoms with van der Waals surface area (Å²) in [4.78, 5) is 36.1. The lowest BCUT2D eigenvalue weighted by atomic mass is 10.1. The monoisotopic (exact) mass is 472 g/mol. The number of likely N-dealkylation sites (N-methyl/N-ethyl adjacent to an activating group) is 1. The van der Waals surface area contributed by atoms with Gasteiger partial charge in [-0.25, -0.2) is 0 Å². The van der Waals surface area contributed by atoms with E-state index in [1.807, 2.05) is 51.5 Å². The molecular weight excluding hydrogens is 435 g/mol. The van der Waals surface area contributed by atoms with Crippen LogP contribution in [0.2, 0.25) is 0 Å². The molecular formula is C21H37N4O6P. The van der Waals surface area contributed by atoms with E-state index in [9.17, 15) is 19.0 Å². The molecule has 0 saturated carbocycles. The fourth-order valence-corrected chi connectivity index (χ4v) is 3.46. The van der Waals surface area contributed by atoms with Crippen LogP contribution in [0.3, 0.4) is 0 Å². The van der Waals surface area contributed by atoms with Crippen molar-refractivity contribution in [2.24, 2.45) is 5.73 Å². The van der Waals surface area contributed by atoms with Gasteiger partial charge in [0.1, 0.15) is 19.3 Å². The molecule has 2 amide bonds. The second-order valence-corrected chi connectivity index (χ2v) is 10.1. The molecule has 1 aromatic rings. The minimum atomic E-state index is -4.63. The number of phosphoric acid groups is 1. The van der Waals surface area contributed by atoms with Crippen LogP contribution in [0.1, 0.15) is 25.3 Å². The molecule has 11 heteroatoms. The topological polar surface area (TPSA) is 143 Å². The number of hydrogen-bond donors (Lipinski definition) is 3. The van der Waals surface area contributed by atoms with Crippen LogP contribution in [0.15, 0.2) is 30.3 Å². The van der Waals surface area contributed by atoms with Gasteiger partial charge in [0.2, 0.25) is 11.8 Å². The molecule has 182 valence electrons. The van der Waals surface area contributed by atoms with E-state index in [4.69, 9.17) is 14.8 Å². The van der Waals surface area contributed by atoms with Gasteiger partial charge in [0.25, 0.3) is 7.82 Å². The molecule has 32 heavy (non-hydrogen) atoms. The largest absolute Gasteiger partial charge is 0.756 e. The van der Waals surface area contributed by atoms with Crippen molar-refractivity contribution in [1.82, 2.24) is 10.6 Å². The van der Waals surface area contributed by atoms with Crippen LogP contribution < -0.4 is 21.3 Å². The number of nitrogens with zero attached hydrogens (tertiary/aromatic N) is 1. The van der Waals surface area contributed by atoms with Gasteiger partial charge >= 0.3 is 0 Å². The normalized spacial score (nSPS) is 15.4. The molecule has 1 aromatic carbocycles. The summed E-state index contributed by atoms with van der Waals surface area (Å²) in [5.41, 5.74) is 6.65. The summed E-state index contributed by atoms with van der Waals surface area (Å²) in [7, 11) is 1.07. The first-order chi connectivity index (χ1) is 14.9. The molecule has 0 aliphatic heterocycles. The highest BCUT2D eigenvalue weighted by Gasteiger charge is 2.21. The fraction of sp³-hybridized carbons (Fsp3) is 0.619. The number of hydrogen-bond acceptors (Lipinski definition) is 7. The van der Waals surface area contributed by atoms with Crippen molar-refractivity contribution in [3.8, 4) is 0 Å². The highest BCUT2D eigenvalue weighted by Crippen LogP contribution is 2.39. The number of nitrogens with two attached hydrogens (primary N) is 1. The van der Waals surface area contributed by atoms with Crippen molar-refractivity contribution in [2.45, 2.75) is 38.3 Å². The molecule has 2 unspecified atom stereocenters. The van der Waals surface area contributed by atoms with Gasteiger partial charge in [-0.2, -0.15) is 0 Å². The second-order valence-electron chi connectivity index (χ2n) is 8.70. The van der Waals surface area contributed by atoms with E-state index < -0.39 is 25.9 Å². The molecule has 1 rings (SSSR count). The zero-order valence-electron chi connectivity index (χ0n) is 19.4. The van der Waals surface area contributed by atoms with Gasteiger partial charge in [0.15, 0.2) is 0 Å². The highest BCUT2D eigenvalue weighted by atomic mass is 31.2. The molecule has 4 N–H and O–H groups in total. The number of amides is 2. The maximum atomic E-state index is 12.2. The first-order valence-electron chi connectivity index (χ1n) is 10.7. The predicted octanol–water partition coefficient (Wildman–Crippen LogP) is 0.165. The van der Waals surface area contributed by atoms with Crippen molar-refractivity contribution in [2.75, 3.05) is 47.4 Å². The summed E-state index contributed by atoms with van der Waals surface area (Å²) in [6, 6.07) is 9.04. The van der Waals surface area contributed by atoms with Crippen LogP contribution >= 0.6 is 7.82 Å². The first kappa shape index (κ1) is 28.2. The van der Waals surface area contributed by atoms with E-state index in [2.05, 4.69) is 10.6 Å². The molecule has 3 atom stereocenters. The molecule has 0 aliphatic carbocycles. The summed E-state index contributed by atoms with van der Waals surface area (Å²) >= 11 is 0. The third-order valence-corrected chi connectivity index (χ3v) is 5.50. The SMILES string of the molecule is C[C@@H](N)C(=O)NCC(CNC(=O)CCCc1ccccc1)OP(=O)([O-])OCC[N+](C)(C)C. The van der Waals surface area contributed by atoms with Crippen LogP contribution in [0.25, 0.3) is 0 Å². The molecule has 0 heterocycles. The van der Waals surface area contributed by atoms with E-state index in [1.165, 1.54) is 6.92 Å². The number of nitrogens with one attached hydrogen (secondary N) is 2. The maximum absolute atomic E-state index is 12.2. The molecule has 10 nitrogen and oxygen atoms in total. The summed E-state index contributed by atoms with van der Waals surface area (Å²) in [6.45, 7) is 1.67. The Morgan fingerprint density at radius 1 is 1.16 bits per heavy atom. The zero-order valence-corrected chi connectivity index (χ0v) is 20.3. The Balaban J connectivity index is 2.55. The van der Waals surface area contributed by atoms with E-state index in [0.29, 0.717) is 17.4 Å². The van der Waals surface area contributed by atoms with E-state index in [1.54, 1.807) is 0 Å². The van der Waals surface area contributed by atoms with Crippen molar-refractivity contribution in [3.63, 3.8) is 0 Å². The second kappa shape index (κ2) is 13.7. The van der Waals surface area contributed by atoms with Crippen molar-refractivity contribution in [3.05, 3.63) is 35.9 Å². The van der Waals surface area contributed by atoms with Crippen molar-refractivity contribution in [1.29, 1.82) is 0 Å². The number of quaternary nitrogens is 1. The smallest absolute Gasteiger partial charge is 0.268 e. The molecule has 0 aromatic heterocycles. The number of benzene rings is 1. The first-order valence-corrected chi connectivity index (χ1v) is 12.1. The van der Waals surface area contributed by atoms with Crippen LogP contribution in [0, 0.1) is 0 Å². The lowest BCUT2D eigenvalue weighted by Crippen LogP contribution is -2.46.